The summed E-state index contributed by atoms with van der Waals surface area (Å²) >= 11 is 0. The van der Waals surface area contributed by atoms with Gasteiger partial charge in [-0.15, -0.1) is 0 Å². The number of rotatable bonds is 15. The summed E-state index contributed by atoms with van der Waals surface area (Å²) in [7, 11) is 2.13. The fraction of sp³-hybridized carbons (Fsp3) is 0.727. The molecule has 24 heavy (non-hydrogen) atoms. The highest BCUT2D eigenvalue weighted by molar-refractivity contribution is 5.18. The van der Waals surface area contributed by atoms with Crippen molar-refractivity contribution in [3.05, 3.63) is 35.9 Å². The minimum atomic E-state index is 0.234. The van der Waals surface area contributed by atoms with E-state index in [1.54, 1.807) is 0 Å². The van der Waals surface area contributed by atoms with Gasteiger partial charge in [-0.3, -0.25) is 4.90 Å². The lowest BCUT2D eigenvalue weighted by Crippen LogP contribution is -2.27. The number of aliphatic hydroxyl groups excluding tert-OH is 1. The number of aliphatic hydroxyl groups is 1. The van der Waals surface area contributed by atoms with Crippen LogP contribution in [0.3, 0.4) is 0 Å². The van der Waals surface area contributed by atoms with E-state index in [2.05, 4.69) is 49.2 Å². The topological polar surface area (TPSA) is 23.5 Å². The van der Waals surface area contributed by atoms with E-state index in [1.807, 2.05) is 0 Å². The molecule has 1 aromatic rings. The Balaban J connectivity index is 2.19. The van der Waals surface area contributed by atoms with Gasteiger partial charge >= 0.3 is 0 Å². The van der Waals surface area contributed by atoms with Crippen molar-refractivity contribution < 1.29 is 5.11 Å². The molecule has 1 aromatic carbocycles. The number of likely N-dealkylation sites (N-methyl/N-ethyl adjacent to an activating group) is 1. The molecule has 0 fully saturated rings. The van der Waals surface area contributed by atoms with E-state index in [0.717, 1.165) is 6.54 Å². The molecule has 1 rings (SSSR count). The second kappa shape index (κ2) is 14.5. The van der Waals surface area contributed by atoms with E-state index >= 15 is 0 Å². The highest BCUT2D eigenvalue weighted by Gasteiger charge is 2.15. The van der Waals surface area contributed by atoms with Crippen LogP contribution in [0.2, 0.25) is 0 Å². The molecular formula is C22H39NO. The maximum Gasteiger partial charge on any atom is 0.0558 e. The zero-order chi connectivity index (χ0) is 17.5. The summed E-state index contributed by atoms with van der Waals surface area (Å²) in [5, 5.41) is 9.24. The molecule has 1 N–H and O–H groups in total. The molecular weight excluding hydrogens is 294 g/mol. The van der Waals surface area contributed by atoms with Crippen molar-refractivity contribution in [2.45, 2.75) is 83.6 Å². The van der Waals surface area contributed by atoms with Crippen molar-refractivity contribution in [1.29, 1.82) is 0 Å². The fourth-order valence-corrected chi connectivity index (χ4v) is 3.46. The van der Waals surface area contributed by atoms with Crippen molar-refractivity contribution in [3.63, 3.8) is 0 Å². The molecule has 0 heterocycles. The molecule has 0 aliphatic heterocycles. The summed E-state index contributed by atoms with van der Waals surface area (Å²) < 4.78 is 0. The second-order valence-corrected chi connectivity index (χ2v) is 7.10. The van der Waals surface area contributed by atoms with Crippen molar-refractivity contribution >= 4 is 0 Å². The standard InChI is InChI=1S/C22H39NO/c1-3-4-5-6-7-8-9-10-11-15-18-22(23(2)19-20-24)21-16-13-12-14-17-21/h12-14,16-17,22,24H,3-11,15,18-20H2,1-2H3. The lowest BCUT2D eigenvalue weighted by molar-refractivity contribution is 0.172. The molecule has 0 saturated carbocycles. The number of benzene rings is 1. The summed E-state index contributed by atoms with van der Waals surface area (Å²) in [6.07, 6.45) is 15.0. The van der Waals surface area contributed by atoms with E-state index in [-0.39, 0.29) is 6.61 Å². The fourth-order valence-electron chi connectivity index (χ4n) is 3.46. The Hall–Kier alpha value is -0.860. The van der Waals surface area contributed by atoms with Crippen LogP contribution in [0.15, 0.2) is 30.3 Å². The Bertz CT molecular complexity index is 379. The predicted molar refractivity (Wildman–Crippen MR) is 105 cm³/mol. The van der Waals surface area contributed by atoms with Gasteiger partial charge in [0.1, 0.15) is 0 Å². The summed E-state index contributed by atoms with van der Waals surface area (Å²) in [6.45, 7) is 3.26. The van der Waals surface area contributed by atoms with Gasteiger partial charge in [-0.2, -0.15) is 0 Å². The average molecular weight is 334 g/mol. The van der Waals surface area contributed by atoms with Gasteiger partial charge in [0.25, 0.3) is 0 Å². The largest absolute Gasteiger partial charge is 0.395 e. The zero-order valence-electron chi connectivity index (χ0n) is 16.1. The van der Waals surface area contributed by atoms with Crippen molar-refractivity contribution in [3.8, 4) is 0 Å². The molecule has 2 heteroatoms. The van der Waals surface area contributed by atoms with E-state index in [9.17, 15) is 5.11 Å². The monoisotopic (exact) mass is 333 g/mol. The van der Waals surface area contributed by atoms with Crippen LogP contribution in [0.1, 0.15) is 89.2 Å². The molecule has 0 bridgehead atoms. The number of unbranched alkanes of at least 4 members (excludes halogenated alkanes) is 9. The third-order valence-corrected chi connectivity index (χ3v) is 5.00. The molecule has 0 amide bonds. The van der Waals surface area contributed by atoms with Crippen LogP contribution in [-0.4, -0.2) is 30.2 Å². The first-order chi connectivity index (χ1) is 11.8. The van der Waals surface area contributed by atoms with Crippen LogP contribution < -0.4 is 0 Å². The molecule has 0 saturated heterocycles. The van der Waals surface area contributed by atoms with Gasteiger partial charge in [-0.05, 0) is 19.0 Å². The summed E-state index contributed by atoms with van der Waals surface area (Å²) in [5.41, 5.74) is 1.38. The minimum Gasteiger partial charge on any atom is -0.395 e. The van der Waals surface area contributed by atoms with Crippen LogP contribution in [0.25, 0.3) is 0 Å². The predicted octanol–water partition coefficient (Wildman–Crippen LogP) is 5.96. The van der Waals surface area contributed by atoms with Gasteiger partial charge in [0, 0.05) is 12.6 Å². The quantitative estimate of drug-likeness (QED) is 0.400. The smallest absolute Gasteiger partial charge is 0.0558 e. The molecule has 0 aliphatic carbocycles. The van der Waals surface area contributed by atoms with Crippen LogP contribution in [0, 0.1) is 0 Å². The second-order valence-electron chi connectivity index (χ2n) is 7.10. The summed E-state index contributed by atoms with van der Waals surface area (Å²) in [5.74, 6) is 0. The highest BCUT2D eigenvalue weighted by Crippen LogP contribution is 2.25. The summed E-state index contributed by atoms with van der Waals surface area (Å²) in [6, 6.07) is 11.2. The van der Waals surface area contributed by atoms with Gasteiger partial charge in [0.2, 0.25) is 0 Å². The molecule has 0 spiro atoms. The highest BCUT2D eigenvalue weighted by atomic mass is 16.3. The summed E-state index contributed by atoms with van der Waals surface area (Å²) in [4.78, 5) is 2.29. The van der Waals surface area contributed by atoms with Crippen molar-refractivity contribution in [2.24, 2.45) is 0 Å². The lowest BCUT2D eigenvalue weighted by atomic mass is 9.98. The van der Waals surface area contributed by atoms with Gasteiger partial charge in [0.05, 0.1) is 6.61 Å². The molecule has 138 valence electrons. The van der Waals surface area contributed by atoms with E-state index < -0.39 is 0 Å². The Morgan fingerprint density at radius 1 is 0.833 bits per heavy atom. The molecule has 2 nitrogen and oxygen atoms in total. The lowest BCUT2D eigenvalue weighted by Gasteiger charge is -2.28. The first-order valence-corrected chi connectivity index (χ1v) is 10.2. The maximum absolute atomic E-state index is 9.24. The molecule has 0 radical (unpaired) electrons. The number of nitrogens with zero attached hydrogens (tertiary/aromatic N) is 1. The van der Waals surface area contributed by atoms with Crippen LogP contribution >= 0.6 is 0 Å². The Kier molecular flexibility index (Phi) is 12.8. The van der Waals surface area contributed by atoms with Crippen LogP contribution in [0.5, 0.6) is 0 Å². The molecule has 0 aromatic heterocycles. The van der Waals surface area contributed by atoms with Gasteiger partial charge in [0.15, 0.2) is 0 Å². The molecule has 1 atom stereocenters. The third kappa shape index (κ3) is 9.44. The van der Waals surface area contributed by atoms with Crippen molar-refractivity contribution in [1.82, 2.24) is 4.90 Å². The van der Waals surface area contributed by atoms with E-state index in [4.69, 9.17) is 0 Å². The maximum atomic E-state index is 9.24. The third-order valence-electron chi connectivity index (χ3n) is 5.00. The van der Waals surface area contributed by atoms with E-state index in [0.29, 0.717) is 6.04 Å². The minimum absolute atomic E-state index is 0.234. The molecule has 0 aliphatic rings. The number of hydrogen-bond donors (Lipinski definition) is 1. The zero-order valence-corrected chi connectivity index (χ0v) is 16.1. The average Bonchev–Trinajstić information content (AvgIpc) is 2.60. The SMILES string of the molecule is CCCCCCCCCCCCC(c1ccccc1)N(C)CCO. The van der Waals surface area contributed by atoms with Crippen molar-refractivity contribution in [2.75, 3.05) is 20.2 Å². The normalized spacial score (nSPS) is 12.7. The Labute approximate surface area is 150 Å². The van der Waals surface area contributed by atoms with E-state index in [1.165, 1.54) is 76.2 Å². The van der Waals surface area contributed by atoms with Gasteiger partial charge in [-0.25, -0.2) is 0 Å². The first kappa shape index (κ1) is 21.2. The van der Waals surface area contributed by atoms with Gasteiger partial charge in [-0.1, -0.05) is 101 Å². The number of hydrogen-bond acceptors (Lipinski definition) is 2. The Morgan fingerprint density at radius 2 is 1.38 bits per heavy atom. The van der Waals surface area contributed by atoms with Crippen LogP contribution in [-0.2, 0) is 0 Å². The van der Waals surface area contributed by atoms with Gasteiger partial charge < -0.3 is 5.11 Å². The molecule has 1 unspecified atom stereocenters. The van der Waals surface area contributed by atoms with Crippen LogP contribution in [0.4, 0.5) is 0 Å². The Morgan fingerprint density at radius 3 is 1.92 bits per heavy atom. The first-order valence-electron chi connectivity index (χ1n) is 10.2.